The number of urea groups is 1. The molecule has 1 N–H and O–H groups in total. The zero-order valence-electron chi connectivity index (χ0n) is 13.9. The number of aryl methyl sites for hydroxylation is 2. The molecule has 3 heterocycles. The van der Waals surface area contributed by atoms with Crippen LogP contribution in [-0.2, 0) is 4.79 Å². The van der Waals surface area contributed by atoms with Crippen molar-refractivity contribution in [2.24, 2.45) is 4.99 Å². The van der Waals surface area contributed by atoms with E-state index in [4.69, 9.17) is 0 Å². The zero-order valence-corrected chi connectivity index (χ0v) is 13.9. The SMILES string of the molecule is CCCCN1C(n2nc(C)cc2C)=NC2C1C(=O)NC(=O)N2C. The predicted octanol–water partition coefficient (Wildman–Crippen LogP) is 0.696. The number of imide groups is 1. The second kappa shape index (κ2) is 5.68. The number of amides is 3. The fourth-order valence-electron chi connectivity index (χ4n) is 3.09. The van der Waals surface area contributed by atoms with Gasteiger partial charge in [-0.05, 0) is 26.3 Å². The van der Waals surface area contributed by atoms with Crippen molar-refractivity contribution < 1.29 is 9.59 Å². The van der Waals surface area contributed by atoms with Crippen LogP contribution in [0.4, 0.5) is 4.79 Å². The second-order valence-electron chi connectivity index (χ2n) is 6.08. The number of hydrogen-bond acceptors (Lipinski definition) is 5. The Labute approximate surface area is 135 Å². The van der Waals surface area contributed by atoms with Gasteiger partial charge < -0.3 is 9.80 Å². The molecule has 2 aliphatic rings. The third-order valence-corrected chi connectivity index (χ3v) is 4.29. The molecular formula is C15H22N6O2. The van der Waals surface area contributed by atoms with Crippen molar-refractivity contribution in [3.8, 4) is 0 Å². The minimum Gasteiger partial charge on any atom is -0.325 e. The van der Waals surface area contributed by atoms with Crippen molar-refractivity contribution >= 4 is 17.9 Å². The van der Waals surface area contributed by atoms with Crippen LogP contribution in [0.5, 0.6) is 0 Å². The summed E-state index contributed by atoms with van der Waals surface area (Å²) < 4.78 is 1.76. The van der Waals surface area contributed by atoms with E-state index in [2.05, 4.69) is 22.3 Å². The van der Waals surface area contributed by atoms with Crippen LogP contribution >= 0.6 is 0 Å². The molecule has 1 fully saturated rings. The third-order valence-electron chi connectivity index (χ3n) is 4.29. The van der Waals surface area contributed by atoms with E-state index in [1.807, 2.05) is 24.8 Å². The highest BCUT2D eigenvalue weighted by atomic mass is 16.2. The summed E-state index contributed by atoms with van der Waals surface area (Å²) >= 11 is 0. The number of hydrogen-bond donors (Lipinski definition) is 1. The second-order valence-corrected chi connectivity index (χ2v) is 6.08. The van der Waals surface area contributed by atoms with Gasteiger partial charge in [0.15, 0.2) is 12.2 Å². The first-order valence-corrected chi connectivity index (χ1v) is 7.89. The van der Waals surface area contributed by atoms with Gasteiger partial charge in [-0.15, -0.1) is 0 Å². The van der Waals surface area contributed by atoms with Gasteiger partial charge in [0.1, 0.15) is 0 Å². The molecule has 2 atom stereocenters. The molecule has 0 saturated carbocycles. The maximum Gasteiger partial charge on any atom is 0.325 e. The number of aromatic nitrogens is 2. The molecule has 0 spiro atoms. The van der Waals surface area contributed by atoms with Crippen LogP contribution in [0.2, 0.25) is 0 Å². The Kier molecular flexibility index (Phi) is 3.83. The van der Waals surface area contributed by atoms with Crippen LogP contribution in [0.15, 0.2) is 11.1 Å². The fraction of sp³-hybridized carbons (Fsp3) is 0.600. The number of carbonyl (C=O) groups excluding carboxylic acids is 2. The first-order chi connectivity index (χ1) is 10.9. The predicted molar refractivity (Wildman–Crippen MR) is 85.0 cm³/mol. The Bertz CT molecular complexity index is 680. The fourth-order valence-corrected chi connectivity index (χ4v) is 3.09. The first-order valence-electron chi connectivity index (χ1n) is 7.89. The van der Waals surface area contributed by atoms with Crippen molar-refractivity contribution in [1.29, 1.82) is 0 Å². The number of rotatable bonds is 3. The molecule has 3 amide bonds. The summed E-state index contributed by atoms with van der Waals surface area (Å²) in [6, 6.07) is 1.06. The Morgan fingerprint density at radius 2 is 2.04 bits per heavy atom. The molecule has 1 aromatic rings. The molecule has 2 unspecified atom stereocenters. The number of unbranched alkanes of at least 4 members (excludes halogenated alkanes) is 1. The molecule has 2 aliphatic heterocycles. The smallest absolute Gasteiger partial charge is 0.325 e. The number of nitrogens with one attached hydrogen (secondary N) is 1. The van der Waals surface area contributed by atoms with E-state index < -0.39 is 18.2 Å². The number of carbonyl (C=O) groups is 2. The third kappa shape index (κ3) is 2.47. The Morgan fingerprint density at radius 3 is 2.65 bits per heavy atom. The van der Waals surface area contributed by atoms with Gasteiger partial charge >= 0.3 is 6.03 Å². The van der Waals surface area contributed by atoms with Gasteiger partial charge in [0.05, 0.1) is 5.69 Å². The number of likely N-dealkylation sites (N-methyl/N-ethyl adjacent to an activating group) is 1. The highest BCUT2D eigenvalue weighted by Crippen LogP contribution is 2.25. The molecule has 0 aromatic carbocycles. The summed E-state index contributed by atoms with van der Waals surface area (Å²) in [7, 11) is 1.66. The molecule has 23 heavy (non-hydrogen) atoms. The highest BCUT2D eigenvalue weighted by Gasteiger charge is 2.49. The van der Waals surface area contributed by atoms with E-state index in [9.17, 15) is 9.59 Å². The largest absolute Gasteiger partial charge is 0.325 e. The van der Waals surface area contributed by atoms with Gasteiger partial charge in [0.25, 0.3) is 5.91 Å². The van der Waals surface area contributed by atoms with Crippen LogP contribution in [0.1, 0.15) is 31.2 Å². The molecular weight excluding hydrogens is 296 g/mol. The maximum atomic E-state index is 12.4. The van der Waals surface area contributed by atoms with Crippen molar-refractivity contribution in [1.82, 2.24) is 24.9 Å². The average Bonchev–Trinajstić information content (AvgIpc) is 3.02. The standard InChI is InChI=1S/C15H22N6O2/c1-5-6-7-20-11-12(19(4)15(23)17-13(11)22)16-14(20)21-10(3)8-9(2)18-21/h8,11-12H,5-7H2,1-4H3,(H,17,22,23). The molecule has 0 bridgehead atoms. The van der Waals surface area contributed by atoms with Gasteiger partial charge in [-0.25, -0.2) is 14.5 Å². The maximum absolute atomic E-state index is 12.4. The normalized spacial score (nSPS) is 23.9. The molecule has 1 saturated heterocycles. The number of fused-ring (bicyclic) bond motifs is 1. The summed E-state index contributed by atoms with van der Waals surface area (Å²) in [5, 5.41) is 6.89. The molecule has 3 rings (SSSR count). The quantitative estimate of drug-likeness (QED) is 0.889. The van der Waals surface area contributed by atoms with Crippen LogP contribution in [0.25, 0.3) is 0 Å². The number of nitrogens with zero attached hydrogens (tertiary/aromatic N) is 5. The highest BCUT2D eigenvalue weighted by molar-refractivity contribution is 6.04. The van der Waals surface area contributed by atoms with Gasteiger partial charge in [-0.3, -0.25) is 10.1 Å². The van der Waals surface area contributed by atoms with Crippen LogP contribution in [-0.4, -0.2) is 63.3 Å². The Hall–Kier alpha value is -2.38. The van der Waals surface area contributed by atoms with Crippen molar-refractivity contribution in [3.63, 3.8) is 0 Å². The average molecular weight is 318 g/mol. The molecule has 124 valence electrons. The molecule has 8 nitrogen and oxygen atoms in total. The summed E-state index contributed by atoms with van der Waals surface area (Å²) in [4.78, 5) is 32.3. The van der Waals surface area contributed by atoms with Crippen LogP contribution in [0.3, 0.4) is 0 Å². The minimum absolute atomic E-state index is 0.297. The molecule has 1 aromatic heterocycles. The van der Waals surface area contributed by atoms with E-state index in [-0.39, 0.29) is 5.91 Å². The Balaban J connectivity index is 2.03. The van der Waals surface area contributed by atoms with Crippen molar-refractivity contribution in [2.45, 2.75) is 45.8 Å². The van der Waals surface area contributed by atoms with E-state index in [1.165, 1.54) is 4.90 Å². The number of aliphatic imine (C=N–C) groups is 1. The topological polar surface area (TPSA) is 82.8 Å². The molecule has 0 radical (unpaired) electrons. The van der Waals surface area contributed by atoms with Gasteiger partial charge in [0, 0.05) is 19.3 Å². The van der Waals surface area contributed by atoms with Crippen molar-refractivity contribution in [3.05, 3.63) is 17.5 Å². The van der Waals surface area contributed by atoms with E-state index in [0.29, 0.717) is 12.5 Å². The van der Waals surface area contributed by atoms with Crippen molar-refractivity contribution in [2.75, 3.05) is 13.6 Å². The van der Waals surface area contributed by atoms with E-state index in [1.54, 1.807) is 11.7 Å². The lowest BCUT2D eigenvalue weighted by molar-refractivity contribution is -0.127. The first kappa shape index (κ1) is 15.5. The van der Waals surface area contributed by atoms with Crippen LogP contribution < -0.4 is 5.32 Å². The molecule has 0 aliphatic carbocycles. The summed E-state index contributed by atoms with van der Waals surface area (Å²) in [6.07, 6.45) is 1.44. The lowest BCUT2D eigenvalue weighted by atomic mass is 10.1. The lowest BCUT2D eigenvalue weighted by Crippen LogP contribution is -2.64. The van der Waals surface area contributed by atoms with Crippen LogP contribution in [0, 0.1) is 13.8 Å². The van der Waals surface area contributed by atoms with Gasteiger partial charge in [0.2, 0.25) is 5.96 Å². The minimum atomic E-state index is -0.507. The molecule has 8 heteroatoms. The van der Waals surface area contributed by atoms with E-state index >= 15 is 0 Å². The monoisotopic (exact) mass is 318 g/mol. The summed E-state index contributed by atoms with van der Waals surface area (Å²) in [6.45, 7) is 6.68. The van der Waals surface area contributed by atoms with Gasteiger partial charge in [-0.1, -0.05) is 13.3 Å². The Morgan fingerprint density at radius 1 is 1.30 bits per heavy atom. The summed E-state index contributed by atoms with van der Waals surface area (Å²) in [5.41, 5.74) is 1.85. The van der Waals surface area contributed by atoms with Gasteiger partial charge in [-0.2, -0.15) is 5.10 Å². The van der Waals surface area contributed by atoms with E-state index in [0.717, 1.165) is 24.2 Å². The lowest BCUT2D eigenvalue weighted by Gasteiger charge is -2.36. The summed E-state index contributed by atoms with van der Waals surface area (Å²) in [5.74, 6) is 0.338. The zero-order chi connectivity index (χ0) is 16.7.